The monoisotopic (exact) mass is 468 g/mol. The molecule has 11 heteroatoms. The number of aromatic nitrogens is 2. The van der Waals surface area contributed by atoms with Crippen LogP contribution in [-0.2, 0) is 17.6 Å². The van der Waals surface area contributed by atoms with Crippen molar-refractivity contribution in [2.75, 3.05) is 20.6 Å². The van der Waals surface area contributed by atoms with Gasteiger partial charge in [0.1, 0.15) is 12.1 Å². The highest BCUT2D eigenvalue weighted by molar-refractivity contribution is 5.98. The molecule has 1 heterocycles. The molecule has 2 aliphatic carbocycles. The van der Waals surface area contributed by atoms with E-state index in [9.17, 15) is 22.8 Å². The van der Waals surface area contributed by atoms with Crippen molar-refractivity contribution in [1.82, 2.24) is 25.7 Å². The fourth-order valence-corrected chi connectivity index (χ4v) is 4.42. The third-order valence-electron chi connectivity index (χ3n) is 6.25. The van der Waals surface area contributed by atoms with E-state index in [-0.39, 0.29) is 36.9 Å². The number of fused-ring (bicyclic) bond motifs is 1. The molecule has 2 atom stereocenters. The Hall–Kier alpha value is -2.85. The number of amides is 1. The molecule has 8 nitrogen and oxygen atoms in total. The predicted octanol–water partition coefficient (Wildman–Crippen LogP) is 2.72. The van der Waals surface area contributed by atoms with Gasteiger partial charge in [-0.1, -0.05) is 0 Å². The van der Waals surface area contributed by atoms with E-state index >= 15 is 0 Å². The Morgan fingerprint density at radius 1 is 1.30 bits per heavy atom. The lowest BCUT2D eigenvalue weighted by molar-refractivity contribution is -0.177. The highest BCUT2D eigenvalue weighted by Gasteiger charge is 2.43. The fourth-order valence-electron chi connectivity index (χ4n) is 4.42. The maximum absolute atomic E-state index is 13.2. The quantitative estimate of drug-likeness (QED) is 0.438. The minimum Gasteiger partial charge on any atom is -0.371 e. The number of aldehydes is 1. The molecule has 3 rings (SSSR count). The molecule has 1 aromatic heterocycles. The van der Waals surface area contributed by atoms with E-state index < -0.39 is 24.0 Å². The van der Waals surface area contributed by atoms with Crippen molar-refractivity contribution in [3.8, 4) is 0 Å². The summed E-state index contributed by atoms with van der Waals surface area (Å²) in [6.45, 7) is 0.378. The van der Waals surface area contributed by atoms with E-state index in [0.717, 1.165) is 37.1 Å². The Labute approximate surface area is 190 Å². The zero-order chi connectivity index (χ0) is 24.2. The zero-order valence-electron chi connectivity index (χ0n) is 18.9. The molecule has 0 aliphatic heterocycles. The van der Waals surface area contributed by atoms with Gasteiger partial charge < -0.3 is 25.7 Å². The molecule has 1 saturated carbocycles. The summed E-state index contributed by atoms with van der Waals surface area (Å²) in [5.41, 5.74) is 2.31. The fraction of sp³-hybridized carbons (Fsp3) is 0.636. The van der Waals surface area contributed by atoms with Gasteiger partial charge in [0.25, 0.3) is 5.91 Å². The second-order valence-corrected chi connectivity index (χ2v) is 8.85. The van der Waals surface area contributed by atoms with Crippen molar-refractivity contribution in [3.63, 3.8) is 0 Å². The van der Waals surface area contributed by atoms with Crippen LogP contribution in [0.15, 0.2) is 11.4 Å². The average Bonchev–Trinajstić information content (AvgIpc) is 3.19. The van der Waals surface area contributed by atoms with E-state index in [1.165, 1.54) is 0 Å². The molecule has 0 spiro atoms. The summed E-state index contributed by atoms with van der Waals surface area (Å²) < 4.78 is 39.5. The van der Waals surface area contributed by atoms with Crippen LogP contribution >= 0.6 is 0 Å². The Morgan fingerprint density at radius 2 is 2.03 bits per heavy atom. The van der Waals surface area contributed by atoms with Crippen LogP contribution in [0.2, 0.25) is 0 Å². The van der Waals surface area contributed by atoms with Crippen molar-refractivity contribution in [1.29, 1.82) is 5.41 Å². The van der Waals surface area contributed by atoms with Gasteiger partial charge in [0.15, 0.2) is 5.69 Å². The SMILES string of the molecule is CN(C)/C(NCCC(C=O)NC(=O)c1n[nH]c2c1CC(C(F)(F)F)CC2)=C1\CCCCC1=N. The number of aromatic amines is 1. The number of hydrogen-bond donors (Lipinski definition) is 4. The molecular weight excluding hydrogens is 437 g/mol. The molecule has 0 radical (unpaired) electrons. The van der Waals surface area contributed by atoms with Crippen LogP contribution in [0, 0.1) is 11.3 Å². The van der Waals surface area contributed by atoms with Crippen molar-refractivity contribution < 1.29 is 22.8 Å². The van der Waals surface area contributed by atoms with Gasteiger partial charge in [-0.2, -0.15) is 18.3 Å². The summed E-state index contributed by atoms with van der Waals surface area (Å²) in [7, 11) is 3.76. The summed E-state index contributed by atoms with van der Waals surface area (Å²) >= 11 is 0. The van der Waals surface area contributed by atoms with Gasteiger partial charge in [-0.25, -0.2) is 0 Å². The van der Waals surface area contributed by atoms with E-state index in [2.05, 4.69) is 20.8 Å². The van der Waals surface area contributed by atoms with Gasteiger partial charge in [0, 0.05) is 43.2 Å². The minimum atomic E-state index is -4.33. The number of carbonyl (C=O) groups is 2. The van der Waals surface area contributed by atoms with Crippen LogP contribution in [0.3, 0.4) is 0 Å². The second kappa shape index (κ2) is 10.4. The number of aryl methyl sites for hydroxylation is 1. The van der Waals surface area contributed by atoms with Crippen LogP contribution < -0.4 is 10.6 Å². The smallest absolute Gasteiger partial charge is 0.371 e. The van der Waals surface area contributed by atoms with Crippen LogP contribution in [0.1, 0.15) is 60.3 Å². The van der Waals surface area contributed by atoms with Gasteiger partial charge in [0.2, 0.25) is 0 Å². The Morgan fingerprint density at radius 3 is 2.67 bits per heavy atom. The lowest BCUT2D eigenvalue weighted by Gasteiger charge is -2.27. The molecule has 0 aromatic carbocycles. The number of nitrogens with zero attached hydrogens (tertiary/aromatic N) is 2. The van der Waals surface area contributed by atoms with E-state index in [0.29, 0.717) is 24.2 Å². The van der Waals surface area contributed by atoms with Crippen molar-refractivity contribution in [2.45, 2.75) is 63.6 Å². The standard InChI is InChI=1S/C22H31F3N6O2/c1-31(2)20(15-5-3-4-6-17(15)26)27-10-9-14(12-32)28-21(33)19-16-11-13(22(23,24)25)7-8-18(16)29-30-19/h12-14,26-27H,3-11H2,1-2H3,(H,28,33)(H,29,30)/b20-15+,26-17?. The Bertz CT molecular complexity index is 922. The second-order valence-electron chi connectivity index (χ2n) is 8.85. The first-order valence-corrected chi connectivity index (χ1v) is 11.2. The molecule has 0 bridgehead atoms. The van der Waals surface area contributed by atoms with Crippen molar-refractivity contribution in [3.05, 3.63) is 28.3 Å². The summed E-state index contributed by atoms with van der Waals surface area (Å²) in [5, 5.41) is 20.7. The molecule has 1 aromatic rings. The predicted molar refractivity (Wildman–Crippen MR) is 117 cm³/mol. The van der Waals surface area contributed by atoms with Crippen LogP contribution in [0.5, 0.6) is 0 Å². The van der Waals surface area contributed by atoms with E-state index in [1.807, 2.05) is 19.0 Å². The zero-order valence-corrected chi connectivity index (χ0v) is 18.9. The summed E-state index contributed by atoms with van der Waals surface area (Å²) in [5.74, 6) is -1.33. The number of halogens is 3. The Kier molecular flexibility index (Phi) is 7.80. The van der Waals surface area contributed by atoms with E-state index in [4.69, 9.17) is 5.41 Å². The molecule has 0 saturated heterocycles. The third-order valence-corrected chi connectivity index (χ3v) is 6.25. The highest BCUT2D eigenvalue weighted by Crippen LogP contribution is 2.37. The number of rotatable bonds is 8. The van der Waals surface area contributed by atoms with Crippen molar-refractivity contribution in [2.24, 2.45) is 5.92 Å². The average molecular weight is 469 g/mol. The topological polar surface area (TPSA) is 114 Å². The van der Waals surface area contributed by atoms with E-state index in [1.54, 1.807) is 0 Å². The maximum Gasteiger partial charge on any atom is 0.392 e. The molecular formula is C22H31F3N6O2. The largest absolute Gasteiger partial charge is 0.392 e. The molecule has 1 amide bonds. The lowest BCUT2D eigenvalue weighted by Crippen LogP contribution is -2.40. The van der Waals surface area contributed by atoms with Crippen LogP contribution in [0.4, 0.5) is 13.2 Å². The van der Waals surface area contributed by atoms with Gasteiger partial charge in [-0.15, -0.1) is 0 Å². The van der Waals surface area contributed by atoms with Gasteiger partial charge in [-0.05, 0) is 51.4 Å². The third kappa shape index (κ3) is 5.94. The molecule has 1 fully saturated rings. The first-order chi connectivity index (χ1) is 15.6. The normalized spacial score (nSPS) is 21.1. The Balaban J connectivity index is 1.61. The minimum absolute atomic E-state index is 0.0381. The number of carbonyl (C=O) groups excluding carboxylic acids is 2. The number of H-pyrrole nitrogens is 1. The van der Waals surface area contributed by atoms with Gasteiger partial charge >= 0.3 is 6.18 Å². The maximum atomic E-state index is 13.2. The van der Waals surface area contributed by atoms with Crippen LogP contribution in [0.25, 0.3) is 0 Å². The molecule has 4 N–H and O–H groups in total. The first-order valence-electron chi connectivity index (χ1n) is 11.2. The van der Waals surface area contributed by atoms with Crippen LogP contribution in [-0.4, -0.2) is 65.9 Å². The van der Waals surface area contributed by atoms with Gasteiger partial charge in [0.05, 0.1) is 12.0 Å². The summed E-state index contributed by atoms with van der Waals surface area (Å²) in [6.07, 6.45) is -0.00435. The number of hydrogen-bond acceptors (Lipinski definition) is 6. The summed E-state index contributed by atoms with van der Waals surface area (Å²) in [4.78, 5) is 26.2. The lowest BCUT2D eigenvalue weighted by atomic mass is 9.86. The number of nitrogens with one attached hydrogen (secondary N) is 4. The molecule has 2 aliphatic rings. The number of alkyl halides is 3. The molecule has 182 valence electrons. The van der Waals surface area contributed by atoms with Crippen molar-refractivity contribution >= 4 is 17.9 Å². The highest BCUT2D eigenvalue weighted by atomic mass is 19.4. The number of allylic oxidation sites excluding steroid dienone is 1. The summed E-state index contributed by atoms with van der Waals surface area (Å²) in [6, 6.07) is -0.821. The molecule has 2 unspecified atom stereocenters. The van der Waals surface area contributed by atoms with Gasteiger partial charge in [-0.3, -0.25) is 9.89 Å². The molecule has 33 heavy (non-hydrogen) atoms. The first kappa shape index (κ1) is 24.8.